The van der Waals surface area contributed by atoms with Gasteiger partial charge in [-0.2, -0.15) is 18.3 Å². The smallest absolute Gasteiger partial charge is 0.451 e. The summed E-state index contributed by atoms with van der Waals surface area (Å²) < 4.78 is 49.2. The molecule has 2 saturated heterocycles. The number of esters is 1. The molecule has 58 heavy (non-hydrogen) atoms. The third-order valence-corrected chi connectivity index (χ3v) is 11.7. The summed E-state index contributed by atoms with van der Waals surface area (Å²) in [6.07, 6.45) is 0.388. The number of carbonyl (C=O) groups excluding carboxylic acids is 2. The van der Waals surface area contributed by atoms with Crippen molar-refractivity contribution in [2.24, 2.45) is 5.92 Å². The second kappa shape index (κ2) is 16.1. The number of anilines is 3. The van der Waals surface area contributed by atoms with Gasteiger partial charge in [0.2, 0.25) is 5.82 Å². The predicted octanol–water partition coefficient (Wildman–Crippen LogP) is 6.81. The quantitative estimate of drug-likeness (QED) is 0.135. The largest absolute Gasteiger partial charge is 0.469 e. The SMILES string of the molecule is COC(=O)C1CCN([C@H]2CCCn3nc(C(=O)Nc4cccc(-c5cccc(Nc6nc(C(F)(F)F)nc7cc(CN8CC[C@@H](O)C8)cnc67)c5C)c4C)cc32)CC1. The molecular weight excluding hydrogens is 752 g/mol. The minimum absolute atomic E-state index is 0.0597. The molecule has 3 aliphatic heterocycles. The number of amides is 1. The Morgan fingerprint density at radius 1 is 0.931 bits per heavy atom. The van der Waals surface area contributed by atoms with E-state index in [2.05, 4.69) is 30.5 Å². The van der Waals surface area contributed by atoms with E-state index in [1.807, 2.05) is 59.8 Å². The number of halogens is 3. The van der Waals surface area contributed by atoms with Gasteiger partial charge in [0.15, 0.2) is 11.5 Å². The van der Waals surface area contributed by atoms with Crippen LogP contribution in [0.15, 0.2) is 54.7 Å². The monoisotopic (exact) mass is 797 g/mol. The van der Waals surface area contributed by atoms with Gasteiger partial charge in [0.1, 0.15) is 5.52 Å². The van der Waals surface area contributed by atoms with Crippen molar-refractivity contribution in [3.8, 4) is 11.1 Å². The number of nitrogens with one attached hydrogen (secondary N) is 2. The molecule has 1 amide bonds. The number of aryl methyl sites for hydroxylation is 1. The summed E-state index contributed by atoms with van der Waals surface area (Å²) in [6.45, 7) is 7.65. The second-order valence-electron chi connectivity index (χ2n) is 15.5. The van der Waals surface area contributed by atoms with Gasteiger partial charge >= 0.3 is 12.1 Å². The lowest BCUT2D eigenvalue weighted by atomic mass is 9.93. The average Bonchev–Trinajstić information content (AvgIpc) is 3.84. The molecule has 2 atom stereocenters. The fraction of sp³-hybridized carbons (Fsp3) is 0.429. The van der Waals surface area contributed by atoms with Gasteiger partial charge in [0.25, 0.3) is 5.91 Å². The number of benzene rings is 2. The van der Waals surface area contributed by atoms with Crippen molar-refractivity contribution in [3.63, 3.8) is 0 Å². The molecule has 16 heteroatoms. The molecule has 8 rings (SSSR count). The van der Waals surface area contributed by atoms with Gasteiger partial charge in [-0.15, -0.1) is 0 Å². The van der Waals surface area contributed by atoms with Crippen LogP contribution >= 0.6 is 0 Å². The molecule has 2 fully saturated rings. The summed E-state index contributed by atoms with van der Waals surface area (Å²) in [5.74, 6) is -1.93. The number of likely N-dealkylation sites (tertiary alicyclic amines) is 2. The summed E-state index contributed by atoms with van der Waals surface area (Å²) >= 11 is 0. The lowest BCUT2D eigenvalue weighted by Crippen LogP contribution is -2.40. The van der Waals surface area contributed by atoms with Gasteiger partial charge in [-0.25, -0.2) is 9.97 Å². The van der Waals surface area contributed by atoms with E-state index >= 15 is 0 Å². The topological polar surface area (TPSA) is 151 Å². The maximum Gasteiger partial charge on any atom is 0.451 e. The molecule has 0 saturated carbocycles. The minimum Gasteiger partial charge on any atom is -0.469 e. The molecule has 5 aromatic rings. The highest BCUT2D eigenvalue weighted by Gasteiger charge is 2.37. The van der Waals surface area contributed by atoms with Crippen molar-refractivity contribution < 1.29 is 32.6 Å². The lowest BCUT2D eigenvalue weighted by Gasteiger charge is -2.38. The van der Waals surface area contributed by atoms with Crippen LogP contribution in [-0.2, 0) is 28.8 Å². The number of hydrogen-bond acceptors (Lipinski definition) is 11. The van der Waals surface area contributed by atoms with E-state index in [0.29, 0.717) is 48.7 Å². The Labute approximate surface area is 333 Å². The predicted molar refractivity (Wildman–Crippen MR) is 211 cm³/mol. The van der Waals surface area contributed by atoms with Gasteiger partial charge in [0.05, 0.1) is 36.4 Å². The molecule has 3 aromatic heterocycles. The van der Waals surface area contributed by atoms with E-state index < -0.39 is 18.1 Å². The van der Waals surface area contributed by atoms with Crippen LogP contribution < -0.4 is 10.6 Å². The maximum absolute atomic E-state index is 14.1. The van der Waals surface area contributed by atoms with E-state index in [4.69, 9.17) is 9.84 Å². The summed E-state index contributed by atoms with van der Waals surface area (Å²) in [7, 11) is 1.43. The highest BCUT2D eigenvalue weighted by atomic mass is 19.4. The summed E-state index contributed by atoms with van der Waals surface area (Å²) in [5.41, 5.74) is 6.59. The average molecular weight is 798 g/mol. The van der Waals surface area contributed by atoms with Crippen LogP contribution in [0.2, 0.25) is 0 Å². The van der Waals surface area contributed by atoms with Gasteiger partial charge in [-0.1, -0.05) is 24.3 Å². The summed E-state index contributed by atoms with van der Waals surface area (Å²) in [4.78, 5) is 42.5. The van der Waals surface area contributed by atoms with Gasteiger partial charge < -0.3 is 20.5 Å². The number of rotatable bonds is 9. The number of β-amino-alcohol motifs (C(OH)–C–C–N with tert-alkyl or cyclic N) is 1. The molecule has 0 spiro atoms. The van der Waals surface area contributed by atoms with Crippen LogP contribution in [0.1, 0.15) is 76.8 Å². The van der Waals surface area contributed by atoms with E-state index in [0.717, 1.165) is 73.3 Å². The standard InChI is InChI=1S/C42H46F3N9O4/c1-24-29(7-4-9-31(24)47-38-37-33(49-41(50-38)42(43,44)45)19-26(21-46-37)22-52-16-14-28(55)23-52)30-8-5-10-32(25(30)2)48-39(56)34-20-36-35(11-6-15-54(36)51-34)53-17-12-27(13-18-53)40(57)58-3/h4-5,7-10,19-21,27-28,35,55H,6,11-18,22-23H2,1-3H3,(H,48,56)(H,47,49,50)/t28-,35+/m1/s1. The van der Waals surface area contributed by atoms with Crippen LogP contribution in [0.3, 0.4) is 0 Å². The molecule has 13 nitrogen and oxygen atoms in total. The maximum atomic E-state index is 14.1. The molecular formula is C42H46F3N9O4. The molecule has 0 radical (unpaired) electrons. The van der Waals surface area contributed by atoms with E-state index in [9.17, 15) is 27.9 Å². The number of alkyl halides is 3. The van der Waals surface area contributed by atoms with Gasteiger partial charge in [0, 0.05) is 43.8 Å². The molecule has 0 bridgehead atoms. The Kier molecular flexibility index (Phi) is 10.9. The fourth-order valence-electron chi connectivity index (χ4n) is 8.57. The number of piperidine rings is 1. The number of aromatic nitrogens is 5. The number of ether oxygens (including phenoxy) is 1. The number of hydrogen-bond donors (Lipinski definition) is 3. The Bertz CT molecular complexity index is 2360. The second-order valence-corrected chi connectivity index (χ2v) is 15.5. The Balaban J connectivity index is 1.02. The first-order valence-electron chi connectivity index (χ1n) is 19.7. The third kappa shape index (κ3) is 8.00. The van der Waals surface area contributed by atoms with E-state index in [1.54, 1.807) is 18.3 Å². The van der Waals surface area contributed by atoms with Crippen LogP contribution in [-0.4, -0.2) is 90.9 Å². The number of nitrogens with zero attached hydrogens (tertiary/aromatic N) is 7. The summed E-state index contributed by atoms with van der Waals surface area (Å²) in [5, 5.41) is 20.8. The first-order valence-corrected chi connectivity index (χ1v) is 19.7. The zero-order chi connectivity index (χ0) is 40.7. The number of methoxy groups -OCH3 is 1. The Morgan fingerprint density at radius 3 is 2.34 bits per heavy atom. The van der Waals surface area contributed by atoms with Crippen molar-refractivity contribution in [1.29, 1.82) is 0 Å². The van der Waals surface area contributed by atoms with Crippen molar-refractivity contribution >= 4 is 40.1 Å². The van der Waals surface area contributed by atoms with Crippen molar-refractivity contribution in [2.45, 2.75) is 77.4 Å². The number of aliphatic hydroxyl groups is 1. The van der Waals surface area contributed by atoms with Gasteiger partial charge in [-0.05, 0) is 111 Å². The summed E-state index contributed by atoms with van der Waals surface area (Å²) in [6, 6.07) is 14.7. The first-order chi connectivity index (χ1) is 27.9. The van der Waals surface area contributed by atoms with E-state index in [-0.39, 0.29) is 40.7 Å². The molecule has 2 aromatic carbocycles. The normalized spacial score (nSPS) is 19.3. The zero-order valence-electron chi connectivity index (χ0n) is 32.6. The Morgan fingerprint density at radius 2 is 1.66 bits per heavy atom. The molecule has 304 valence electrons. The Hall–Kier alpha value is -5.45. The van der Waals surface area contributed by atoms with E-state index in [1.165, 1.54) is 7.11 Å². The highest BCUT2D eigenvalue weighted by molar-refractivity contribution is 6.04. The minimum atomic E-state index is -4.79. The van der Waals surface area contributed by atoms with Crippen LogP contribution in [0.5, 0.6) is 0 Å². The van der Waals surface area contributed by atoms with Crippen molar-refractivity contribution in [2.75, 3.05) is 43.9 Å². The molecule has 0 unspecified atom stereocenters. The zero-order valence-corrected chi connectivity index (χ0v) is 32.6. The fourth-order valence-corrected chi connectivity index (χ4v) is 8.57. The number of pyridine rings is 1. The molecule has 3 N–H and O–H groups in total. The highest BCUT2D eigenvalue weighted by Crippen LogP contribution is 2.38. The van der Waals surface area contributed by atoms with Crippen molar-refractivity contribution in [3.05, 3.63) is 88.6 Å². The van der Waals surface area contributed by atoms with Gasteiger partial charge in [-0.3, -0.25) is 29.1 Å². The molecule has 6 heterocycles. The van der Waals surface area contributed by atoms with Crippen LogP contribution in [0, 0.1) is 19.8 Å². The molecule has 0 aliphatic carbocycles. The third-order valence-electron chi connectivity index (χ3n) is 11.7. The van der Waals surface area contributed by atoms with Crippen molar-refractivity contribution in [1.82, 2.24) is 34.5 Å². The number of carbonyl (C=O) groups is 2. The first kappa shape index (κ1) is 39.4. The molecule has 3 aliphatic rings. The van der Waals surface area contributed by atoms with Crippen LogP contribution in [0.25, 0.3) is 22.2 Å². The number of fused-ring (bicyclic) bond motifs is 2. The lowest BCUT2D eigenvalue weighted by molar-refractivity contribution is -0.147. The number of aliphatic hydroxyl groups excluding tert-OH is 1. The van der Waals surface area contributed by atoms with Crippen LogP contribution in [0.4, 0.5) is 30.4 Å².